The minimum atomic E-state index is -0.118. The molecule has 0 aliphatic heterocycles. The lowest BCUT2D eigenvalue weighted by molar-refractivity contribution is -0.00529. The Bertz CT molecular complexity index is 181. The van der Waals surface area contributed by atoms with Crippen molar-refractivity contribution >= 4 is 0 Å². The maximum absolute atomic E-state index is 10.2. The smallest absolute Gasteiger partial charge is 0.0623 e. The second-order valence-corrected chi connectivity index (χ2v) is 5.82. The Labute approximate surface area is 100 Å². The molecule has 2 nitrogen and oxygen atoms in total. The second kappa shape index (κ2) is 6.61. The number of aliphatic hydroxyl groups is 1. The third-order valence-electron chi connectivity index (χ3n) is 4.04. The molecule has 0 heterocycles. The van der Waals surface area contributed by atoms with Gasteiger partial charge in [0.1, 0.15) is 0 Å². The fourth-order valence-electron chi connectivity index (χ4n) is 2.53. The molecule has 0 saturated heterocycles. The lowest BCUT2D eigenvalue weighted by Crippen LogP contribution is -2.27. The highest BCUT2D eigenvalue weighted by atomic mass is 16.5. The maximum Gasteiger partial charge on any atom is 0.0623 e. The fraction of sp³-hybridized carbons (Fsp3) is 1.00. The lowest BCUT2D eigenvalue weighted by atomic mass is 9.88. The van der Waals surface area contributed by atoms with E-state index in [4.69, 9.17) is 4.74 Å². The van der Waals surface area contributed by atoms with Crippen molar-refractivity contribution in [3.05, 3.63) is 0 Å². The van der Waals surface area contributed by atoms with Crippen LogP contribution in [0.25, 0.3) is 0 Å². The molecule has 0 aromatic carbocycles. The zero-order valence-electron chi connectivity index (χ0n) is 11.2. The summed E-state index contributed by atoms with van der Waals surface area (Å²) in [4.78, 5) is 0. The molecular formula is C14H28O2. The zero-order valence-corrected chi connectivity index (χ0v) is 11.2. The van der Waals surface area contributed by atoms with Crippen molar-refractivity contribution in [1.82, 2.24) is 0 Å². The topological polar surface area (TPSA) is 29.5 Å². The summed E-state index contributed by atoms with van der Waals surface area (Å²) < 4.78 is 5.39. The van der Waals surface area contributed by atoms with Crippen LogP contribution >= 0.6 is 0 Å². The van der Waals surface area contributed by atoms with Crippen molar-refractivity contribution in [3.63, 3.8) is 0 Å². The third-order valence-corrected chi connectivity index (χ3v) is 4.04. The summed E-state index contributed by atoms with van der Waals surface area (Å²) >= 11 is 0. The summed E-state index contributed by atoms with van der Waals surface area (Å²) in [6.45, 7) is 4.18. The van der Waals surface area contributed by atoms with Crippen LogP contribution in [-0.2, 0) is 4.74 Å². The van der Waals surface area contributed by atoms with Gasteiger partial charge in [-0.25, -0.2) is 0 Å². The SMILES string of the molecule is COC(C)(C)CCC(O)C1CCCCCC1. The zero-order chi connectivity index (χ0) is 12.0. The molecule has 1 aliphatic rings. The summed E-state index contributed by atoms with van der Waals surface area (Å²) in [6.07, 6.45) is 9.45. The lowest BCUT2D eigenvalue weighted by Gasteiger charge is -2.27. The second-order valence-electron chi connectivity index (χ2n) is 5.82. The largest absolute Gasteiger partial charge is 0.393 e. The minimum absolute atomic E-state index is 0.0916. The predicted molar refractivity (Wildman–Crippen MR) is 67.5 cm³/mol. The van der Waals surface area contributed by atoms with Crippen molar-refractivity contribution < 1.29 is 9.84 Å². The standard InChI is InChI=1S/C14H28O2/c1-14(2,16-3)11-10-13(15)12-8-6-4-5-7-9-12/h12-13,15H,4-11H2,1-3H3. The molecule has 1 saturated carbocycles. The van der Waals surface area contributed by atoms with Crippen molar-refractivity contribution in [2.24, 2.45) is 5.92 Å². The van der Waals surface area contributed by atoms with E-state index in [1.165, 1.54) is 38.5 Å². The Hall–Kier alpha value is -0.0800. The number of ether oxygens (including phenoxy) is 1. The average Bonchev–Trinajstić information content (AvgIpc) is 2.54. The van der Waals surface area contributed by atoms with Gasteiger partial charge in [-0.2, -0.15) is 0 Å². The first-order valence-electron chi connectivity index (χ1n) is 6.78. The van der Waals surface area contributed by atoms with E-state index in [2.05, 4.69) is 13.8 Å². The molecule has 1 rings (SSSR count). The predicted octanol–water partition coefficient (Wildman–Crippen LogP) is 3.52. The first-order chi connectivity index (χ1) is 7.55. The molecule has 96 valence electrons. The molecule has 1 fully saturated rings. The summed E-state index contributed by atoms with van der Waals surface area (Å²) in [6, 6.07) is 0. The van der Waals surface area contributed by atoms with E-state index >= 15 is 0 Å². The molecule has 0 amide bonds. The van der Waals surface area contributed by atoms with E-state index in [0.29, 0.717) is 5.92 Å². The normalized spacial score (nSPS) is 21.8. The third kappa shape index (κ3) is 4.84. The molecule has 0 spiro atoms. The van der Waals surface area contributed by atoms with Gasteiger partial charge in [0.2, 0.25) is 0 Å². The van der Waals surface area contributed by atoms with Gasteiger partial charge in [-0.3, -0.25) is 0 Å². The van der Waals surface area contributed by atoms with Crippen molar-refractivity contribution in [1.29, 1.82) is 0 Å². The highest BCUT2D eigenvalue weighted by molar-refractivity contribution is 4.76. The van der Waals surface area contributed by atoms with Gasteiger partial charge in [-0.15, -0.1) is 0 Å². The van der Waals surface area contributed by atoms with E-state index in [-0.39, 0.29) is 11.7 Å². The molecule has 16 heavy (non-hydrogen) atoms. The molecule has 0 aromatic rings. The summed E-state index contributed by atoms with van der Waals surface area (Å²) in [5.41, 5.74) is -0.0916. The van der Waals surface area contributed by atoms with E-state index < -0.39 is 0 Å². The van der Waals surface area contributed by atoms with Crippen molar-refractivity contribution in [2.45, 2.75) is 76.9 Å². The van der Waals surface area contributed by atoms with E-state index in [1.54, 1.807) is 7.11 Å². The number of hydrogen-bond donors (Lipinski definition) is 1. The van der Waals surface area contributed by atoms with Gasteiger partial charge in [0, 0.05) is 7.11 Å². The first kappa shape index (κ1) is 14.0. The molecule has 0 radical (unpaired) electrons. The van der Waals surface area contributed by atoms with Gasteiger partial charge in [-0.05, 0) is 45.4 Å². The number of rotatable bonds is 5. The van der Waals surface area contributed by atoms with Gasteiger partial charge >= 0.3 is 0 Å². The molecule has 2 heteroatoms. The monoisotopic (exact) mass is 228 g/mol. The first-order valence-corrected chi connectivity index (χ1v) is 6.78. The van der Waals surface area contributed by atoms with Gasteiger partial charge < -0.3 is 9.84 Å². The van der Waals surface area contributed by atoms with E-state index in [1.807, 2.05) is 0 Å². The molecule has 0 aromatic heterocycles. The minimum Gasteiger partial charge on any atom is -0.393 e. The fourth-order valence-corrected chi connectivity index (χ4v) is 2.53. The van der Waals surface area contributed by atoms with Gasteiger partial charge in [0.15, 0.2) is 0 Å². The highest BCUT2D eigenvalue weighted by Crippen LogP contribution is 2.29. The van der Waals surface area contributed by atoms with E-state index in [0.717, 1.165) is 12.8 Å². The Morgan fingerprint density at radius 2 is 1.75 bits per heavy atom. The van der Waals surface area contributed by atoms with Crippen LogP contribution in [0.2, 0.25) is 0 Å². The van der Waals surface area contributed by atoms with Crippen LogP contribution in [-0.4, -0.2) is 23.9 Å². The van der Waals surface area contributed by atoms with Crippen LogP contribution in [0.5, 0.6) is 0 Å². The average molecular weight is 228 g/mol. The van der Waals surface area contributed by atoms with Gasteiger partial charge in [0.25, 0.3) is 0 Å². The summed E-state index contributed by atoms with van der Waals surface area (Å²) in [7, 11) is 1.75. The highest BCUT2D eigenvalue weighted by Gasteiger charge is 2.24. The maximum atomic E-state index is 10.2. The summed E-state index contributed by atoms with van der Waals surface area (Å²) in [5.74, 6) is 0.537. The van der Waals surface area contributed by atoms with Crippen LogP contribution in [0.1, 0.15) is 65.2 Å². The Morgan fingerprint density at radius 3 is 2.25 bits per heavy atom. The molecule has 1 unspecified atom stereocenters. The molecule has 1 aliphatic carbocycles. The van der Waals surface area contributed by atoms with Crippen LogP contribution in [0.4, 0.5) is 0 Å². The van der Waals surface area contributed by atoms with Crippen molar-refractivity contribution in [2.75, 3.05) is 7.11 Å². The molecule has 1 atom stereocenters. The van der Waals surface area contributed by atoms with Gasteiger partial charge in [0.05, 0.1) is 11.7 Å². The quantitative estimate of drug-likeness (QED) is 0.729. The van der Waals surface area contributed by atoms with Gasteiger partial charge in [-0.1, -0.05) is 25.7 Å². The van der Waals surface area contributed by atoms with Crippen LogP contribution < -0.4 is 0 Å². The Morgan fingerprint density at radius 1 is 1.19 bits per heavy atom. The van der Waals surface area contributed by atoms with E-state index in [9.17, 15) is 5.11 Å². The van der Waals surface area contributed by atoms with Crippen molar-refractivity contribution in [3.8, 4) is 0 Å². The number of aliphatic hydroxyl groups excluding tert-OH is 1. The Balaban J connectivity index is 2.30. The molecule has 1 N–H and O–H groups in total. The van der Waals surface area contributed by atoms with Crippen LogP contribution in [0.3, 0.4) is 0 Å². The molecule has 0 bridgehead atoms. The molecular weight excluding hydrogens is 200 g/mol. The summed E-state index contributed by atoms with van der Waals surface area (Å²) in [5, 5.41) is 10.2. The number of methoxy groups -OCH3 is 1. The van der Waals surface area contributed by atoms with Crippen LogP contribution in [0.15, 0.2) is 0 Å². The van der Waals surface area contributed by atoms with Crippen LogP contribution in [0, 0.1) is 5.92 Å². The number of hydrogen-bond acceptors (Lipinski definition) is 2. The Kier molecular flexibility index (Phi) is 5.77.